The van der Waals surface area contributed by atoms with Gasteiger partial charge in [-0.3, -0.25) is 10.1 Å². The standard InChI is InChI=1S/C14H17N5O3S2/c1-8(11(20)17-12(21)15-2)23-14-19-18-13(24-14)16-9-6-4-5-7-10(9)22-3/h4-8H,1-3H3,(H,16,18)(H2,15,17,20,21)/t8-/m1/s1. The molecular weight excluding hydrogens is 350 g/mol. The van der Waals surface area contributed by atoms with Crippen molar-refractivity contribution in [1.82, 2.24) is 20.8 Å². The highest BCUT2D eigenvalue weighted by atomic mass is 32.2. The number of ether oxygens (including phenoxy) is 1. The topological polar surface area (TPSA) is 105 Å². The maximum atomic E-state index is 11.8. The Morgan fingerprint density at radius 2 is 2.04 bits per heavy atom. The number of carbonyl (C=O) groups excluding carboxylic acids is 2. The molecule has 0 aliphatic carbocycles. The number of thioether (sulfide) groups is 1. The van der Waals surface area contributed by atoms with Gasteiger partial charge >= 0.3 is 6.03 Å². The van der Waals surface area contributed by atoms with Crippen LogP contribution in [0.15, 0.2) is 28.6 Å². The number of benzene rings is 1. The molecular formula is C14H17N5O3S2. The number of imide groups is 1. The summed E-state index contributed by atoms with van der Waals surface area (Å²) in [7, 11) is 3.04. The van der Waals surface area contributed by atoms with E-state index in [2.05, 4.69) is 26.1 Å². The molecule has 0 aliphatic rings. The number of rotatable bonds is 6. The van der Waals surface area contributed by atoms with Crippen LogP contribution in [0, 0.1) is 0 Å². The zero-order chi connectivity index (χ0) is 17.5. The molecule has 0 spiro atoms. The second kappa shape index (κ2) is 8.50. The van der Waals surface area contributed by atoms with Crippen molar-refractivity contribution in [3.8, 4) is 5.75 Å². The number of hydrogen-bond donors (Lipinski definition) is 3. The number of hydrogen-bond acceptors (Lipinski definition) is 8. The molecule has 8 nitrogen and oxygen atoms in total. The van der Waals surface area contributed by atoms with E-state index in [0.29, 0.717) is 15.2 Å². The fourth-order valence-electron chi connectivity index (χ4n) is 1.65. The first kappa shape index (κ1) is 18.0. The van der Waals surface area contributed by atoms with Gasteiger partial charge in [0.05, 0.1) is 18.0 Å². The van der Waals surface area contributed by atoms with Crippen molar-refractivity contribution in [2.24, 2.45) is 0 Å². The van der Waals surface area contributed by atoms with Gasteiger partial charge in [0.25, 0.3) is 0 Å². The summed E-state index contributed by atoms with van der Waals surface area (Å²) < 4.78 is 5.88. The smallest absolute Gasteiger partial charge is 0.321 e. The highest BCUT2D eigenvalue weighted by molar-refractivity contribution is 8.02. The van der Waals surface area contributed by atoms with E-state index in [0.717, 1.165) is 5.69 Å². The highest BCUT2D eigenvalue weighted by Gasteiger charge is 2.19. The van der Waals surface area contributed by atoms with E-state index in [1.54, 1.807) is 14.0 Å². The Morgan fingerprint density at radius 1 is 1.29 bits per heavy atom. The molecule has 1 atom stereocenters. The summed E-state index contributed by atoms with van der Waals surface area (Å²) in [6.45, 7) is 1.69. The molecule has 10 heteroatoms. The van der Waals surface area contributed by atoms with Gasteiger partial charge in [0, 0.05) is 7.05 Å². The van der Waals surface area contributed by atoms with Crippen LogP contribution in [0.2, 0.25) is 0 Å². The largest absolute Gasteiger partial charge is 0.495 e. The van der Waals surface area contributed by atoms with Crippen molar-refractivity contribution in [3.63, 3.8) is 0 Å². The van der Waals surface area contributed by atoms with Gasteiger partial charge in [0.2, 0.25) is 11.0 Å². The number of aromatic nitrogens is 2. The Balaban J connectivity index is 1.98. The van der Waals surface area contributed by atoms with Crippen LogP contribution in [0.5, 0.6) is 5.75 Å². The maximum Gasteiger partial charge on any atom is 0.321 e. The summed E-state index contributed by atoms with van der Waals surface area (Å²) in [5.74, 6) is 0.300. The molecule has 1 aromatic heterocycles. The molecule has 0 saturated heterocycles. The number of amides is 3. The first-order valence-electron chi connectivity index (χ1n) is 6.96. The molecule has 128 valence electrons. The van der Waals surface area contributed by atoms with E-state index in [9.17, 15) is 9.59 Å². The third kappa shape index (κ3) is 4.83. The molecule has 3 amide bonds. The lowest BCUT2D eigenvalue weighted by molar-refractivity contribution is -0.119. The number of carbonyl (C=O) groups is 2. The fraction of sp³-hybridized carbons (Fsp3) is 0.286. The molecule has 3 N–H and O–H groups in total. The van der Waals surface area contributed by atoms with Crippen LogP contribution in [0.3, 0.4) is 0 Å². The molecule has 0 bridgehead atoms. The summed E-state index contributed by atoms with van der Waals surface area (Å²) in [5.41, 5.74) is 0.776. The molecule has 0 aliphatic heterocycles. The number of nitrogens with one attached hydrogen (secondary N) is 3. The van der Waals surface area contributed by atoms with E-state index in [1.165, 1.54) is 30.1 Å². The van der Waals surface area contributed by atoms with Crippen molar-refractivity contribution in [1.29, 1.82) is 0 Å². The van der Waals surface area contributed by atoms with Crippen LogP contribution in [0.4, 0.5) is 15.6 Å². The monoisotopic (exact) mass is 367 g/mol. The lowest BCUT2D eigenvalue weighted by atomic mass is 10.3. The first-order valence-corrected chi connectivity index (χ1v) is 8.66. The van der Waals surface area contributed by atoms with Crippen molar-refractivity contribution < 1.29 is 14.3 Å². The van der Waals surface area contributed by atoms with Gasteiger partial charge in [-0.2, -0.15) is 0 Å². The summed E-state index contributed by atoms with van der Waals surface area (Å²) >= 11 is 2.54. The number of anilines is 2. The Kier molecular flexibility index (Phi) is 6.38. The zero-order valence-electron chi connectivity index (χ0n) is 13.3. The van der Waals surface area contributed by atoms with Crippen LogP contribution in [-0.4, -0.2) is 41.5 Å². The van der Waals surface area contributed by atoms with E-state index in [4.69, 9.17) is 4.74 Å². The van der Waals surface area contributed by atoms with Crippen LogP contribution >= 0.6 is 23.1 Å². The summed E-state index contributed by atoms with van der Waals surface area (Å²) in [5, 5.41) is 15.9. The number of methoxy groups -OCH3 is 1. The minimum atomic E-state index is -0.539. The molecule has 0 radical (unpaired) electrons. The average Bonchev–Trinajstić information content (AvgIpc) is 3.02. The molecule has 0 saturated carbocycles. The minimum absolute atomic E-state index is 0.395. The SMILES string of the molecule is CNC(=O)NC(=O)[C@@H](C)Sc1nnc(Nc2ccccc2OC)s1. The molecule has 24 heavy (non-hydrogen) atoms. The molecule has 1 aromatic carbocycles. The molecule has 0 unspecified atom stereocenters. The second-order valence-corrected chi connectivity index (χ2v) is 7.09. The van der Waals surface area contributed by atoms with Crippen LogP contribution < -0.4 is 20.7 Å². The lowest BCUT2D eigenvalue weighted by Crippen LogP contribution is -2.41. The van der Waals surface area contributed by atoms with Crippen molar-refractivity contribution in [2.75, 3.05) is 19.5 Å². The minimum Gasteiger partial charge on any atom is -0.495 e. The molecule has 0 fully saturated rings. The Labute approximate surface area is 147 Å². The van der Waals surface area contributed by atoms with Gasteiger partial charge in [0.15, 0.2) is 4.34 Å². The molecule has 2 aromatic rings. The summed E-state index contributed by atoms with van der Waals surface area (Å²) in [6.07, 6.45) is 0. The summed E-state index contributed by atoms with van der Waals surface area (Å²) in [6, 6.07) is 6.92. The lowest BCUT2D eigenvalue weighted by Gasteiger charge is -2.08. The molecule has 1 heterocycles. The number of para-hydroxylation sites is 2. The van der Waals surface area contributed by atoms with Gasteiger partial charge in [-0.15, -0.1) is 10.2 Å². The zero-order valence-corrected chi connectivity index (χ0v) is 15.0. The van der Waals surface area contributed by atoms with Crippen LogP contribution in [0.25, 0.3) is 0 Å². The van der Waals surface area contributed by atoms with Crippen LogP contribution in [0.1, 0.15) is 6.92 Å². The number of nitrogens with zero attached hydrogens (tertiary/aromatic N) is 2. The highest BCUT2D eigenvalue weighted by Crippen LogP contribution is 2.32. The second-order valence-electron chi connectivity index (χ2n) is 4.53. The normalized spacial score (nSPS) is 11.5. The van der Waals surface area contributed by atoms with E-state index >= 15 is 0 Å². The van der Waals surface area contributed by atoms with Crippen molar-refractivity contribution in [3.05, 3.63) is 24.3 Å². The molecule has 2 rings (SSSR count). The first-order chi connectivity index (χ1) is 11.5. The number of urea groups is 1. The van der Waals surface area contributed by atoms with Crippen LogP contribution in [-0.2, 0) is 4.79 Å². The van der Waals surface area contributed by atoms with Gasteiger partial charge in [-0.25, -0.2) is 4.79 Å². The fourth-order valence-corrected chi connectivity index (χ4v) is 3.56. The summed E-state index contributed by atoms with van der Waals surface area (Å²) in [4.78, 5) is 23.0. The van der Waals surface area contributed by atoms with E-state index in [-0.39, 0.29) is 0 Å². The van der Waals surface area contributed by atoms with Gasteiger partial charge in [-0.05, 0) is 19.1 Å². The van der Waals surface area contributed by atoms with Gasteiger partial charge in [0.1, 0.15) is 5.75 Å². The Bertz CT molecular complexity index is 722. The Hall–Kier alpha value is -2.33. The van der Waals surface area contributed by atoms with E-state index < -0.39 is 17.2 Å². The van der Waals surface area contributed by atoms with E-state index in [1.807, 2.05) is 24.3 Å². The third-order valence-corrected chi connectivity index (χ3v) is 4.89. The van der Waals surface area contributed by atoms with Crippen molar-refractivity contribution in [2.45, 2.75) is 16.5 Å². The predicted molar refractivity (Wildman–Crippen MR) is 94.1 cm³/mol. The van der Waals surface area contributed by atoms with Gasteiger partial charge < -0.3 is 15.4 Å². The average molecular weight is 367 g/mol. The maximum absolute atomic E-state index is 11.8. The predicted octanol–water partition coefficient (Wildman–Crippen LogP) is 2.23. The third-order valence-electron chi connectivity index (χ3n) is 2.87. The Morgan fingerprint density at radius 3 is 2.75 bits per heavy atom. The van der Waals surface area contributed by atoms with Gasteiger partial charge in [-0.1, -0.05) is 35.2 Å². The quantitative estimate of drug-likeness (QED) is 0.672. The van der Waals surface area contributed by atoms with Crippen molar-refractivity contribution >= 4 is 45.9 Å².